The van der Waals surface area contributed by atoms with E-state index in [1.165, 1.54) is 17.2 Å². The normalized spacial score (nSPS) is 14.6. The quantitative estimate of drug-likeness (QED) is 0.730. The summed E-state index contributed by atoms with van der Waals surface area (Å²) in [6, 6.07) is 2.13. The highest BCUT2D eigenvalue weighted by molar-refractivity contribution is 5.87. The molecular weight excluding hydrogens is 212 g/mol. The SMILES string of the molecule is C=CC(=O)N1CCc2cnc(C(C)C)cc2C1. The second-order valence-electron chi connectivity index (χ2n) is 4.75. The highest BCUT2D eigenvalue weighted by Crippen LogP contribution is 2.22. The van der Waals surface area contributed by atoms with Crippen LogP contribution in [-0.4, -0.2) is 22.3 Å². The van der Waals surface area contributed by atoms with Gasteiger partial charge in [-0.2, -0.15) is 0 Å². The zero-order chi connectivity index (χ0) is 12.4. The summed E-state index contributed by atoms with van der Waals surface area (Å²) in [6.45, 7) is 9.24. The molecule has 3 heteroatoms. The smallest absolute Gasteiger partial charge is 0.246 e. The van der Waals surface area contributed by atoms with E-state index < -0.39 is 0 Å². The molecule has 0 spiro atoms. The van der Waals surface area contributed by atoms with E-state index in [-0.39, 0.29) is 5.91 Å². The monoisotopic (exact) mass is 230 g/mol. The van der Waals surface area contributed by atoms with Gasteiger partial charge in [-0.25, -0.2) is 0 Å². The van der Waals surface area contributed by atoms with Crippen molar-refractivity contribution in [2.45, 2.75) is 32.7 Å². The van der Waals surface area contributed by atoms with Gasteiger partial charge in [0.15, 0.2) is 0 Å². The number of rotatable bonds is 2. The number of nitrogens with zero attached hydrogens (tertiary/aromatic N) is 2. The van der Waals surface area contributed by atoms with Crippen LogP contribution in [0, 0.1) is 0 Å². The molecule has 1 aliphatic rings. The fourth-order valence-corrected chi connectivity index (χ4v) is 2.09. The van der Waals surface area contributed by atoms with Crippen LogP contribution in [0.4, 0.5) is 0 Å². The van der Waals surface area contributed by atoms with Gasteiger partial charge in [-0.3, -0.25) is 9.78 Å². The molecule has 1 aromatic rings. The number of fused-ring (bicyclic) bond motifs is 1. The van der Waals surface area contributed by atoms with Gasteiger partial charge in [0.1, 0.15) is 0 Å². The molecule has 0 N–H and O–H groups in total. The first-order valence-corrected chi connectivity index (χ1v) is 6.01. The molecule has 2 heterocycles. The predicted octanol–water partition coefficient (Wildman–Crippen LogP) is 2.28. The van der Waals surface area contributed by atoms with E-state index in [9.17, 15) is 4.79 Å². The van der Waals surface area contributed by atoms with E-state index in [2.05, 4.69) is 31.5 Å². The summed E-state index contributed by atoms with van der Waals surface area (Å²) < 4.78 is 0. The van der Waals surface area contributed by atoms with Crippen molar-refractivity contribution < 1.29 is 4.79 Å². The Bertz CT molecular complexity index is 452. The molecule has 2 rings (SSSR count). The lowest BCUT2D eigenvalue weighted by Gasteiger charge is -2.28. The zero-order valence-corrected chi connectivity index (χ0v) is 10.4. The van der Waals surface area contributed by atoms with Crippen molar-refractivity contribution in [1.82, 2.24) is 9.88 Å². The number of aromatic nitrogens is 1. The van der Waals surface area contributed by atoms with Crippen LogP contribution in [0.15, 0.2) is 24.9 Å². The van der Waals surface area contributed by atoms with Crippen LogP contribution in [0.3, 0.4) is 0 Å². The highest BCUT2D eigenvalue weighted by atomic mass is 16.2. The first-order chi connectivity index (χ1) is 8.11. The van der Waals surface area contributed by atoms with Crippen molar-refractivity contribution in [3.8, 4) is 0 Å². The highest BCUT2D eigenvalue weighted by Gasteiger charge is 2.19. The minimum Gasteiger partial charge on any atom is -0.335 e. The molecule has 0 radical (unpaired) electrons. The molecule has 17 heavy (non-hydrogen) atoms. The Labute approximate surface area is 102 Å². The average Bonchev–Trinajstić information content (AvgIpc) is 2.36. The molecule has 3 nitrogen and oxygen atoms in total. The number of carbonyl (C=O) groups is 1. The van der Waals surface area contributed by atoms with Gasteiger partial charge in [-0.15, -0.1) is 0 Å². The number of pyridine rings is 1. The number of hydrogen-bond donors (Lipinski definition) is 0. The van der Waals surface area contributed by atoms with Crippen molar-refractivity contribution in [3.63, 3.8) is 0 Å². The molecule has 0 aromatic carbocycles. The molecule has 0 aliphatic carbocycles. The molecule has 1 amide bonds. The van der Waals surface area contributed by atoms with E-state index >= 15 is 0 Å². The van der Waals surface area contributed by atoms with E-state index in [0.717, 1.165) is 18.7 Å². The van der Waals surface area contributed by atoms with E-state index in [0.29, 0.717) is 12.5 Å². The summed E-state index contributed by atoms with van der Waals surface area (Å²) in [5, 5.41) is 0. The minimum atomic E-state index is 0.0126. The first-order valence-electron chi connectivity index (χ1n) is 6.01. The van der Waals surface area contributed by atoms with Crippen molar-refractivity contribution in [2.24, 2.45) is 0 Å². The summed E-state index contributed by atoms with van der Waals surface area (Å²) in [7, 11) is 0. The lowest BCUT2D eigenvalue weighted by atomic mass is 9.98. The second kappa shape index (κ2) is 4.70. The first kappa shape index (κ1) is 11.8. The predicted molar refractivity (Wildman–Crippen MR) is 67.6 cm³/mol. The van der Waals surface area contributed by atoms with E-state index in [1.807, 2.05) is 11.1 Å². The summed E-state index contributed by atoms with van der Waals surface area (Å²) in [5.74, 6) is 0.435. The fraction of sp³-hybridized carbons (Fsp3) is 0.429. The summed E-state index contributed by atoms with van der Waals surface area (Å²) >= 11 is 0. The largest absolute Gasteiger partial charge is 0.335 e. The average molecular weight is 230 g/mol. The standard InChI is InChI=1S/C14H18N2O/c1-4-14(17)16-6-5-11-8-15-13(10(2)3)7-12(11)9-16/h4,7-8,10H,1,5-6,9H2,2-3H3. The van der Waals surface area contributed by atoms with Gasteiger partial charge in [0.2, 0.25) is 5.91 Å². The molecule has 0 bridgehead atoms. The minimum absolute atomic E-state index is 0.0126. The fourth-order valence-electron chi connectivity index (χ4n) is 2.09. The van der Waals surface area contributed by atoms with Crippen molar-refractivity contribution in [3.05, 3.63) is 41.7 Å². The van der Waals surface area contributed by atoms with Crippen molar-refractivity contribution in [2.75, 3.05) is 6.54 Å². The number of carbonyl (C=O) groups excluding carboxylic acids is 1. The Balaban J connectivity index is 2.26. The van der Waals surface area contributed by atoms with Crippen LogP contribution < -0.4 is 0 Å². The molecule has 0 fully saturated rings. The Morgan fingerprint density at radius 3 is 2.94 bits per heavy atom. The van der Waals surface area contributed by atoms with Crippen LogP contribution in [0.5, 0.6) is 0 Å². The third-order valence-electron chi connectivity index (χ3n) is 3.19. The van der Waals surface area contributed by atoms with Gasteiger partial charge in [-0.1, -0.05) is 20.4 Å². The molecule has 0 unspecified atom stereocenters. The Morgan fingerprint density at radius 1 is 1.53 bits per heavy atom. The van der Waals surface area contributed by atoms with Gasteiger partial charge in [0.25, 0.3) is 0 Å². The van der Waals surface area contributed by atoms with Crippen LogP contribution in [0.2, 0.25) is 0 Å². The lowest BCUT2D eigenvalue weighted by molar-refractivity contribution is -0.126. The van der Waals surface area contributed by atoms with Crippen molar-refractivity contribution in [1.29, 1.82) is 0 Å². The third-order valence-corrected chi connectivity index (χ3v) is 3.19. The van der Waals surface area contributed by atoms with Crippen LogP contribution in [0.1, 0.15) is 36.6 Å². The van der Waals surface area contributed by atoms with Crippen molar-refractivity contribution >= 4 is 5.91 Å². The molecule has 1 aromatic heterocycles. The zero-order valence-electron chi connectivity index (χ0n) is 10.4. The van der Waals surface area contributed by atoms with Crippen LogP contribution in [-0.2, 0) is 17.8 Å². The third kappa shape index (κ3) is 2.38. The number of amides is 1. The number of hydrogen-bond acceptors (Lipinski definition) is 2. The molecule has 90 valence electrons. The molecule has 1 aliphatic heterocycles. The molecule has 0 atom stereocenters. The van der Waals surface area contributed by atoms with Gasteiger partial charge in [0.05, 0.1) is 0 Å². The Kier molecular flexibility index (Phi) is 3.27. The van der Waals surface area contributed by atoms with Crippen LogP contribution >= 0.6 is 0 Å². The Morgan fingerprint density at radius 2 is 2.29 bits per heavy atom. The van der Waals surface area contributed by atoms with E-state index in [4.69, 9.17) is 0 Å². The van der Waals surface area contributed by atoms with E-state index in [1.54, 1.807) is 0 Å². The maximum absolute atomic E-state index is 11.6. The molecule has 0 saturated carbocycles. The van der Waals surface area contributed by atoms with Gasteiger partial charge in [0, 0.05) is 25.0 Å². The topological polar surface area (TPSA) is 33.2 Å². The Hall–Kier alpha value is -1.64. The summed E-state index contributed by atoms with van der Waals surface area (Å²) in [4.78, 5) is 17.9. The van der Waals surface area contributed by atoms with Gasteiger partial charge < -0.3 is 4.90 Å². The summed E-state index contributed by atoms with van der Waals surface area (Å²) in [5.41, 5.74) is 3.59. The summed E-state index contributed by atoms with van der Waals surface area (Å²) in [6.07, 6.45) is 4.23. The molecular formula is C14H18N2O. The lowest BCUT2D eigenvalue weighted by Crippen LogP contribution is -2.34. The maximum Gasteiger partial charge on any atom is 0.246 e. The second-order valence-corrected chi connectivity index (χ2v) is 4.75. The maximum atomic E-state index is 11.6. The van der Waals surface area contributed by atoms with Crippen LogP contribution in [0.25, 0.3) is 0 Å². The molecule has 0 saturated heterocycles. The van der Waals surface area contributed by atoms with Gasteiger partial charge in [-0.05, 0) is 35.6 Å². The van der Waals surface area contributed by atoms with Gasteiger partial charge >= 0.3 is 0 Å².